The van der Waals surface area contributed by atoms with Crippen molar-refractivity contribution in [3.8, 4) is 5.75 Å². The fourth-order valence-corrected chi connectivity index (χ4v) is 2.28. The van der Waals surface area contributed by atoms with Crippen LogP contribution in [0.15, 0.2) is 24.3 Å². The highest BCUT2D eigenvalue weighted by Crippen LogP contribution is 2.14. The summed E-state index contributed by atoms with van der Waals surface area (Å²) < 4.78 is 33.7. The highest BCUT2D eigenvalue weighted by molar-refractivity contribution is 5.78. The van der Waals surface area contributed by atoms with Gasteiger partial charge >= 0.3 is 6.61 Å². The minimum absolute atomic E-state index is 0.0676. The van der Waals surface area contributed by atoms with Gasteiger partial charge in [0, 0.05) is 19.6 Å². The summed E-state index contributed by atoms with van der Waals surface area (Å²) in [5.41, 5.74) is 0.824. The molecule has 0 saturated carbocycles. The zero-order chi connectivity index (χ0) is 15.9. The minimum atomic E-state index is -2.83. The van der Waals surface area contributed by atoms with Crippen LogP contribution in [0, 0.1) is 0 Å². The molecule has 1 atom stereocenters. The molecule has 2 rings (SSSR count). The van der Waals surface area contributed by atoms with Gasteiger partial charge in [0.2, 0.25) is 5.91 Å². The molecule has 1 aliphatic heterocycles. The van der Waals surface area contributed by atoms with E-state index in [0.717, 1.165) is 18.7 Å². The summed E-state index contributed by atoms with van der Waals surface area (Å²) in [6.45, 7) is 1.97. The number of hydrogen-bond donors (Lipinski definition) is 1. The first-order valence-corrected chi connectivity index (χ1v) is 7.17. The van der Waals surface area contributed by atoms with Crippen molar-refractivity contribution in [2.24, 2.45) is 0 Å². The molecule has 0 bridgehead atoms. The predicted octanol–water partition coefficient (Wildman–Crippen LogP) is 1.62. The van der Waals surface area contributed by atoms with Gasteiger partial charge in [-0.2, -0.15) is 8.78 Å². The van der Waals surface area contributed by atoms with Gasteiger partial charge in [-0.1, -0.05) is 12.1 Å². The van der Waals surface area contributed by atoms with E-state index < -0.39 is 6.61 Å². The summed E-state index contributed by atoms with van der Waals surface area (Å²) in [4.78, 5) is 13.9. The monoisotopic (exact) mass is 314 g/mol. The van der Waals surface area contributed by atoms with Gasteiger partial charge < -0.3 is 14.8 Å². The zero-order valence-electron chi connectivity index (χ0n) is 12.4. The molecule has 7 heteroatoms. The van der Waals surface area contributed by atoms with Crippen LogP contribution in [0.25, 0.3) is 0 Å². The Kier molecular flexibility index (Phi) is 6.09. The maximum atomic E-state index is 12.0. The largest absolute Gasteiger partial charge is 0.435 e. The molecule has 22 heavy (non-hydrogen) atoms. The van der Waals surface area contributed by atoms with Gasteiger partial charge in [0.1, 0.15) is 5.75 Å². The number of amides is 1. The number of ether oxygens (including phenoxy) is 2. The number of benzene rings is 1. The van der Waals surface area contributed by atoms with E-state index >= 15 is 0 Å². The van der Waals surface area contributed by atoms with Crippen LogP contribution in [-0.4, -0.2) is 49.8 Å². The Morgan fingerprint density at radius 2 is 2.18 bits per heavy atom. The van der Waals surface area contributed by atoms with Gasteiger partial charge in [0.05, 0.1) is 19.3 Å². The lowest BCUT2D eigenvalue weighted by Gasteiger charge is -2.30. The van der Waals surface area contributed by atoms with Gasteiger partial charge in [-0.3, -0.25) is 9.69 Å². The Morgan fingerprint density at radius 1 is 1.45 bits per heavy atom. The molecule has 1 aromatic rings. The molecule has 1 heterocycles. The Labute approximate surface area is 128 Å². The molecule has 1 unspecified atom stereocenters. The third kappa shape index (κ3) is 5.57. The van der Waals surface area contributed by atoms with E-state index in [9.17, 15) is 13.6 Å². The Hall–Kier alpha value is -1.73. The number of morpholine rings is 1. The number of carbonyl (C=O) groups excluding carboxylic acids is 1. The van der Waals surface area contributed by atoms with Crippen molar-refractivity contribution >= 4 is 5.91 Å². The Bertz CT molecular complexity index is 482. The van der Waals surface area contributed by atoms with E-state index in [1.54, 1.807) is 12.1 Å². The van der Waals surface area contributed by atoms with Crippen LogP contribution in [-0.2, 0) is 16.1 Å². The number of alkyl halides is 2. The van der Waals surface area contributed by atoms with Crippen molar-refractivity contribution in [3.63, 3.8) is 0 Å². The van der Waals surface area contributed by atoms with Crippen molar-refractivity contribution in [1.82, 2.24) is 10.2 Å². The molecule has 1 aliphatic rings. The summed E-state index contributed by atoms with van der Waals surface area (Å²) >= 11 is 0. The van der Waals surface area contributed by atoms with Gasteiger partial charge in [-0.25, -0.2) is 0 Å². The molecule has 122 valence electrons. The summed E-state index contributed by atoms with van der Waals surface area (Å²) in [5.74, 6) is 0.0365. The highest BCUT2D eigenvalue weighted by atomic mass is 19.3. The lowest BCUT2D eigenvalue weighted by atomic mass is 10.2. The molecule has 0 aromatic heterocycles. The van der Waals surface area contributed by atoms with E-state index in [1.165, 1.54) is 12.1 Å². The minimum Gasteiger partial charge on any atom is -0.435 e. The van der Waals surface area contributed by atoms with Crippen LogP contribution >= 0.6 is 0 Å². The van der Waals surface area contributed by atoms with Crippen molar-refractivity contribution in [2.75, 3.05) is 26.2 Å². The topological polar surface area (TPSA) is 50.8 Å². The zero-order valence-corrected chi connectivity index (χ0v) is 12.4. The first-order valence-electron chi connectivity index (χ1n) is 7.17. The fraction of sp³-hybridized carbons (Fsp3) is 0.533. The smallest absolute Gasteiger partial charge is 0.387 e. The van der Waals surface area contributed by atoms with Crippen LogP contribution < -0.4 is 10.1 Å². The fourth-order valence-electron chi connectivity index (χ4n) is 2.28. The summed E-state index contributed by atoms with van der Waals surface area (Å²) in [6.07, 6.45) is 0.143. The number of nitrogens with one attached hydrogen (secondary N) is 1. The quantitative estimate of drug-likeness (QED) is 0.867. The van der Waals surface area contributed by atoms with Gasteiger partial charge in [0.25, 0.3) is 0 Å². The molecule has 0 aliphatic carbocycles. The molecule has 1 amide bonds. The molecule has 1 aromatic carbocycles. The maximum absolute atomic E-state index is 12.0. The van der Waals surface area contributed by atoms with Crippen LogP contribution in [0.4, 0.5) is 8.78 Å². The van der Waals surface area contributed by atoms with Gasteiger partial charge in [-0.15, -0.1) is 0 Å². The molecular formula is C15H20F2N2O3. The van der Waals surface area contributed by atoms with Crippen molar-refractivity contribution < 1.29 is 23.0 Å². The van der Waals surface area contributed by atoms with E-state index in [0.29, 0.717) is 19.7 Å². The first-order chi connectivity index (χ1) is 10.5. The number of carbonyl (C=O) groups is 1. The van der Waals surface area contributed by atoms with Crippen molar-refractivity contribution in [2.45, 2.75) is 26.2 Å². The summed E-state index contributed by atoms with van der Waals surface area (Å²) in [6, 6.07) is 6.21. The van der Waals surface area contributed by atoms with Gasteiger partial charge in [-0.05, 0) is 24.6 Å². The second-order valence-electron chi connectivity index (χ2n) is 5.22. The maximum Gasteiger partial charge on any atom is 0.387 e. The summed E-state index contributed by atoms with van der Waals surface area (Å²) in [5, 5.41) is 2.81. The number of hydrogen-bond acceptors (Lipinski definition) is 4. The Morgan fingerprint density at radius 3 is 2.82 bits per heavy atom. The number of nitrogens with zero attached hydrogens (tertiary/aromatic N) is 1. The van der Waals surface area contributed by atoms with Crippen molar-refractivity contribution in [1.29, 1.82) is 0 Å². The van der Waals surface area contributed by atoms with E-state index in [-0.39, 0.29) is 17.8 Å². The predicted molar refractivity (Wildman–Crippen MR) is 76.8 cm³/mol. The van der Waals surface area contributed by atoms with Crippen LogP contribution in [0.2, 0.25) is 0 Å². The molecule has 1 N–H and O–H groups in total. The van der Waals surface area contributed by atoms with Crippen LogP contribution in [0.5, 0.6) is 5.75 Å². The van der Waals surface area contributed by atoms with Crippen LogP contribution in [0.1, 0.15) is 12.5 Å². The van der Waals surface area contributed by atoms with Crippen LogP contribution in [0.3, 0.4) is 0 Å². The van der Waals surface area contributed by atoms with E-state index in [4.69, 9.17) is 4.74 Å². The molecule has 1 saturated heterocycles. The molecular weight excluding hydrogens is 294 g/mol. The molecule has 1 fully saturated rings. The average molecular weight is 314 g/mol. The standard InChI is InChI=1S/C15H20F2N2O3/c1-11-9-19(6-7-21-11)10-14(20)18-8-12-2-4-13(5-3-12)22-15(16)17/h2-5,11,15H,6-10H2,1H3,(H,18,20). The molecule has 0 spiro atoms. The number of halogens is 2. The normalized spacial score (nSPS) is 19.2. The SMILES string of the molecule is CC1CN(CC(=O)NCc2ccc(OC(F)F)cc2)CCO1. The van der Waals surface area contributed by atoms with E-state index in [2.05, 4.69) is 10.1 Å². The third-order valence-corrected chi connectivity index (χ3v) is 3.33. The second kappa shape index (κ2) is 8.05. The second-order valence-corrected chi connectivity index (χ2v) is 5.22. The van der Waals surface area contributed by atoms with E-state index in [1.807, 2.05) is 11.8 Å². The Balaban J connectivity index is 1.73. The lowest BCUT2D eigenvalue weighted by molar-refractivity contribution is -0.124. The third-order valence-electron chi connectivity index (χ3n) is 3.33. The summed E-state index contributed by atoms with van der Waals surface area (Å²) in [7, 11) is 0. The van der Waals surface area contributed by atoms with Crippen molar-refractivity contribution in [3.05, 3.63) is 29.8 Å². The average Bonchev–Trinajstić information content (AvgIpc) is 2.46. The molecule has 0 radical (unpaired) electrons. The van der Waals surface area contributed by atoms with Gasteiger partial charge in [0.15, 0.2) is 0 Å². The first kappa shape index (κ1) is 16.6. The highest BCUT2D eigenvalue weighted by Gasteiger charge is 2.18. The number of rotatable bonds is 6. The molecule has 5 nitrogen and oxygen atoms in total. The lowest BCUT2D eigenvalue weighted by Crippen LogP contribution is -2.45.